The molecule has 0 amide bonds. The Bertz CT molecular complexity index is 777. The van der Waals surface area contributed by atoms with Crippen LogP contribution in [0.25, 0.3) is 0 Å². The van der Waals surface area contributed by atoms with Gasteiger partial charge in [0, 0.05) is 17.2 Å². The maximum absolute atomic E-state index is 5.63. The maximum Gasteiger partial charge on any atom is 0.124 e. The molecule has 2 aliphatic rings. The third-order valence-corrected chi connectivity index (χ3v) is 5.54. The fraction of sp³-hybridized carbons (Fsp3) is 0.333. The number of rotatable bonds is 2. The molecule has 0 saturated heterocycles. The highest BCUT2D eigenvalue weighted by Gasteiger charge is 2.39. The summed E-state index contributed by atoms with van der Waals surface area (Å²) >= 11 is 0. The Labute approximate surface area is 138 Å². The van der Waals surface area contributed by atoms with Gasteiger partial charge >= 0.3 is 0 Å². The second kappa shape index (κ2) is 5.45. The zero-order valence-electron chi connectivity index (χ0n) is 14.0. The third kappa shape index (κ3) is 2.16. The van der Waals surface area contributed by atoms with Crippen LogP contribution in [0.4, 0.5) is 5.69 Å². The van der Waals surface area contributed by atoms with Gasteiger partial charge in [0.2, 0.25) is 0 Å². The molecule has 0 bridgehead atoms. The minimum absolute atomic E-state index is 0.291. The Balaban J connectivity index is 1.85. The first-order valence-corrected chi connectivity index (χ1v) is 8.37. The standard InChI is InChI=1S/C21H23NO/c1-13-11-12-17-15-8-6-9-16(15)21(22-20(17)14(13)2)18-7-4-5-10-19(18)23-3/h4-8,10-12,15-16,21-22H,9H2,1-3H3. The van der Waals surface area contributed by atoms with Crippen molar-refractivity contribution in [1.82, 2.24) is 0 Å². The SMILES string of the molecule is COc1ccccc1C1Nc2c(ccc(C)c2C)C2C=CCC21. The first kappa shape index (κ1) is 14.4. The number of methoxy groups -OCH3 is 1. The lowest BCUT2D eigenvalue weighted by Crippen LogP contribution is -2.30. The maximum atomic E-state index is 5.63. The predicted octanol–water partition coefficient (Wildman–Crippen LogP) is 5.14. The first-order valence-electron chi connectivity index (χ1n) is 8.37. The molecule has 1 aliphatic heterocycles. The Hall–Kier alpha value is -2.22. The van der Waals surface area contributed by atoms with Gasteiger partial charge in [0.1, 0.15) is 5.75 Å². The monoisotopic (exact) mass is 305 g/mol. The van der Waals surface area contributed by atoms with Crippen molar-refractivity contribution in [3.63, 3.8) is 0 Å². The summed E-state index contributed by atoms with van der Waals surface area (Å²) in [6, 6.07) is 13.3. The van der Waals surface area contributed by atoms with E-state index in [1.54, 1.807) is 7.11 Å². The van der Waals surface area contributed by atoms with Gasteiger partial charge in [-0.3, -0.25) is 0 Å². The number of anilines is 1. The fourth-order valence-electron chi connectivity index (χ4n) is 4.15. The van der Waals surface area contributed by atoms with Crippen molar-refractivity contribution in [1.29, 1.82) is 0 Å². The lowest BCUT2D eigenvalue weighted by atomic mass is 9.76. The minimum atomic E-state index is 0.291. The second-order valence-electron chi connectivity index (χ2n) is 6.69. The van der Waals surface area contributed by atoms with Crippen LogP contribution in [-0.4, -0.2) is 7.11 Å². The topological polar surface area (TPSA) is 21.3 Å². The van der Waals surface area contributed by atoms with Crippen LogP contribution in [0.1, 0.15) is 40.6 Å². The number of allylic oxidation sites excluding steroid dienone is 2. The van der Waals surface area contributed by atoms with Gasteiger partial charge in [-0.15, -0.1) is 0 Å². The van der Waals surface area contributed by atoms with Crippen molar-refractivity contribution in [3.8, 4) is 5.75 Å². The van der Waals surface area contributed by atoms with Crippen LogP contribution in [0, 0.1) is 19.8 Å². The van der Waals surface area contributed by atoms with Crippen molar-refractivity contribution < 1.29 is 4.74 Å². The number of aryl methyl sites for hydroxylation is 1. The number of fused-ring (bicyclic) bond motifs is 3. The number of benzene rings is 2. The van der Waals surface area contributed by atoms with E-state index in [0.29, 0.717) is 17.9 Å². The van der Waals surface area contributed by atoms with Crippen LogP contribution in [0.2, 0.25) is 0 Å². The molecule has 3 unspecified atom stereocenters. The second-order valence-corrected chi connectivity index (χ2v) is 6.69. The highest BCUT2D eigenvalue weighted by molar-refractivity contribution is 5.66. The van der Waals surface area contributed by atoms with Gasteiger partial charge in [-0.25, -0.2) is 0 Å². The van der Waals surface area contributed by atoms with Crippen LogP contribution in [0.3, 0.4) is 0 Å². The van der Waals surface area contributed by atoms with E-state index in [4.69, 9.17) is 4.74 Å². The summed E-state index contributed by atoms with van der Waals surface area (Å²) < 4.78 is 5.63. The number of hydrogen-bond acceptors (Lipinski definition) is 2. The van der Waals surface area contributed by atoms with Crippen molar-refractivity contribution in [2.75, 3.05) is 12.4 Å². The van der Waals surface area contributed by atoms with E-state index in [-0.39, 0.29) is 0 Å². The van der Waals surface area contributed by atoms with Gasteiger partial charge in [0.15, 0.2) is 0 Å². The van der Waals surface area contributed by atoms with Crippen molar-refractivity contribution in [3.05, 3.63) is 70.8 Å². The Morgan fingerprint density at radius 3 is 2.70 bits per heavy atom. The van der Waals surface area contributed by atoms with Crippen LogP contribution in [0.5, 0.6) is 5.75 Å². The number of ether oxygens (including phenoxy) is 1. The molecular weight excluding hydrogens is 282 g/mol. The summed E-state index contributed by atoms with van der Waals surface area (Å²) in [6.07, 6.45) is 5.85. The predicted molar refractivity (Wildman–Crippen MR) is 95.3 cm³/mol. The van der Waals surface area contributed by atoms with Crippen molar-refractivity contribution in [2.24, 2.45) is 5.92 Å². The molecule has 2 nitrogen and oxygen atoms in total. The summed E-state index contributed by atoms with van der Waals surface area (Å²) in [5.74, 6) is 2.03. The minimum Gasteiger partial charge on any atom is -0.496 e. The van der Waals surface area contributed by atoms with Crippen LogP contribution >= 0.6 is 0 Å². The largest absolute Gasteiger partial charge is 0.496 e. The molecule has 2 aromatic carbocycles. The van der Waals surface area contributed by atoms with E-state index >= 15 is 0 Å². The zero-order chi connectivity index (χ0) is 16.0. The van der Waals surface area contributed by atoms with Crippen molar-refractivity contribution >= 4 is 5.69 Å². The van der Waals surface area contributed by atoms with Crippen molar-refractivity contribution in [2.45, 2.75) is 32.2 Å². The van der Waals surface area contributed by atoms with Gasteiger partial charge in [0.05, 0.1) is 13.2 Å². The third-order valence-electron chi connectivity index (χ3n) is 5.54. The average molecular weight is 305 g/mol. The summed E-state index contributed by atoms with van der Waals surface area (Å²) in [7, 11) is 1.76. The van der Waals surface area contributed by atoms with Crippen LogP contribution in [0.15, 0.2) is 48.6 Å². The summed E-state index contributed by atoms with van der Waals surface area (Å²) in [4.78, 5) is 0. The number of hydrogen-bond donors (Lipinski definition) is 1. The zero-order valence-corrected chi connectivity index (χ0v) is 14.0. The van der Waals surface area contributed by atoms with Gasteiger partial charge in [-0.2, -0.15) is 0 Å². The Kier molecular flexibility index (Phi) is 3.41. The lowest BCUT2D eigenvalue weighted by molar-refractivity contribution is 0.381. The molecular formula is C21H23NO. The highest BCUT2D eigenvalue weighted by Crippen LogP contribution is 2.52. The molecule has 3 atom stereocenters. The van der Waals surface area contributed by atoms with E-state index in [0.717, 1.165) is 12.2 Å². The first-order chi connectivity index (χ1) is 11.2. The molecule has 0 spiro atoms. The Morgan fingerprint density at radius 2 is 1.87 bits per heavy atom. The number of para-hydroxylation sites is 1. The van der Waals surface area contributed by atoms with E-state index in [1.165, 1.54) is 27.9 Å². The molecule has 4 rings (SSSR count). The fourth-order valence-corrected chi connectivity index (χ4v) is 4.15. The molecule has 1 N–H and O–H groups in total. The van der Waals surface area contributed by atoms with Crippen LogP contribution in [-0.2, 0) is 0 Å². The summed E-state index contributed by atoms with van der Waals surface area (Å²) in [6.45, 7) is 4.41. The van der Waals surface area contributed by atoms with Gasteiger partial charge in [-0.05, 0) is 48.9 Å². The van der Waals surface area contributed by atoms with Crippen LogP contribution < -0.4 is 10.1 Å². The quantitative estimate of drug-likeness (QED) is 0.776. The normalized spacial score (nSPS) is 24.7. The molecule has 118 valence electrons. The molecule has 2 aromatic rings. The highest BCUT2D eigenvalue weighted by atomic mass is 16.5. The average Bonchev–Trinajstić information content (AvgIpc) is 3.07. The van der Waals surface area contributed by atoms with E-state index in [2.05, 4.69) is 61.6 Å². The molecule has 23 heavy (non-hydrogen) atoms. The molecule has 1 aliphatic carbocycles. The van der Waals surface area contributed by atoms with Gasteiger partial charge < -0.3 is 10.1 Å². The van der Waals surface area contributed by atoms with E-state index in [9.17, 15) is 0 Å². The molecule has 0 fully saturated rings. The van der Waals surface area contributed by atoms with Gasteiger partial charge in [0.25, 0.3) is 0 Å². The van der Waals surface area contributed by atoms with Gasteiger partial charge in [-0.1, -0.05) is 42.5 Å². The van der Waals surface area contributed by atoms with E-state index in [1.807, 2.05) is 6.07 Å². The molecule has 0 saturated carbocycles. The van der Waals surface area contributed by atoms with E-state index < -0.39 is 0 Å². The summed E-state index contributed by atoms with van der Waals surface area (Å²) in [5.41, 5.74) is 6.73. The number of nitrogens with one attached hydrogen (secondary N) is 1. The lowest BCUT2D eigenvalue weighted by Gasteiger charge is -2.39. The summed E-state index contributed by atoms with van der Waals surface area (Å²) in [5, 5.41) is 3.85. The smallest absolute Gasteiger partial charge is 0.124 e. The molecule has 0 radical (unpaired) electrons. The Morgan fingerprint density at radius 1 is 1.04 bits per heavy atom. The molecule has 1 heterocycles. The molecule has 0 aromatic heterocycles. The molecule has 2 heteroatoms.